The van der Waals surface area contributed by atoms with Gasteiger partial charge in [0, 0.05) is 31.3 Å². The highest BCUT2D eigenvalue weighted by Crippen LogP contribution is 2.47. The average molecular weight is 830 g/mol. The zero-order valence-corrected chi connectivity index (χ0v) is 28.7. The summed E-state index contributed by atoms with van der Waals surface area (Å²) in [5.74, 6) is 0.358. The molecular formula is C26H30Br4N4O7. The fourth-order valence-electron chi connectivity index (χ4n) is 5.03. The topological polar surface area (TPSA) is 151 Å². The normalized spacial score (nSPS) is 29.2. The number of hydrogen-bond acceptors (Lipinski definition) is 9. The Morgan fingerprint density at radius 2 is 1.46 bits per heavy atom. The van der Waals surface area contributed by atoms with Gasteiger partial charge in [-0.1, -0.05) is 11.2 Å². The van der Waals surface area contributed by atoms with E-state index in [1.165, 1.54) is 14.2 Å². The Labute approximate surface area is 271 Å². The molecular weight excluding hydrogens is 800 g/mol. The van der Waals surface area contributed by atoms with Gasteiger partial charge in [0.1, 0.15) is 35.1 Å². The van der Waals surface area contributed by atoms with Crippen molar-refractivity contribution in [3.05, 3.63) is 41.6 Å². The van der Waals surface area contributed by atoms with E-state index in [1.54, 1.807) is 6.08 Å². The molecule has 2 aliphatic carbocycles. The second kappa shape index (κ2) is 13.4. The highest BCUT2D eigenvalue weighted by atomic mass is 79.9. The number of methoxy groups -OCH3 is 2. The van der Waals surface area contributed by atoms with Gasteiger partial charge in [0.25, 0.3) is 11.8 Å². The number of hydrogen-bond donors (Lipinski definition) is 4. The molecule has 4 rings (SSSR count). The smallest absolute Gasteiger partial charge is 0.269 e. The second-order valence-corrected chi connectivity index (χ2v) is 13.5. The molecule has 0 saturated carbocycles. The van der Waals surface area contributed by atoms with Crippen molar-refractivity contribution >= 4 is 87.0 Å². The third-order valence-corrected chi connectivity index (χ3v) is 10.1. The van der Waals surface area contributed by atoms with E-state index in [-0.39, 0.29) is 23.9 Å². The Balaban J connectivity index is 1.14. The van der Waals surface area contributed by atoms with Crippen molar-refractivity contribution < 1.29 is 34.1 Å². The lowest BCUT2D eigenvalue weighted by molar-refractivity contribution is -0.115. The molecule has 2 amide bonds. The number of nitrogens with zero attached hydrogens (tertiary/aromatic N) is 2. The van der Waals surface area contributed by atoms with Gasteiger partial charge in [0.15, 0.2) is 5.60 Å². The van der Waals surface area contributed by atoms with Crippen LogP contribution in [0.25, 0.3) is 0 Å². The van der Waals surface area contributed by atoms with E-state index in [0.29, 0.717) is 67.6 Å². The summed E-state index contributed by atoms with van der Waals surface area (Å²) in [7, 11) is 3.02. The maximum Gasteiger partial charge on any atom is 0.269 e. The Morgan fingerprint density at radius 3 is 2.07 bits per heavy atom. The minimum Gasteiger partial charge on any atom is -0.495 e. The van der Waals surface area contributed by atoms with Crippen molar-refractivity contribution in [3.63, 3.8) is 0 Å². The van der Waals surface area contributed by atoms with Gasteiger partial charge in [0.2, 0.25) is 0 Å². The van der Waals surface area contributed by atoms with Gasteiger partial charge < -0.3 is 35.2 Å². The van der Waals surface area contributed by atoms with Gasteiger partial charge in [0.05, 0.1) is 38.7 Å². The SMILES string of the molecule is COC1=C(Br)[C@H](O)[C@]2(C=C1Br)CN=C(C(=O)NCCCCCNC(=O)C1=NO[C@]3(C=C(Br)C(OC)=C(Br)[C@@H]3O)C1)C2. The van der Waals surface area contributed by atoms with E-state index in [9.17, 15) is 19.8 Å². The first-order chi connectivity index (χ1) is 19.5. The number of nitrogens with one attached hydrogen (secondary N) is 2. The molecule has 0 radical (unpaired) electrons. The van der Waals surface area contributed by atoms with Crippen LogP contribution in [-0.4, -0.2) is 85.1 Å². The Morgan fingerprint density at radius 1 is 0.902 bits per heavy atom. The van der Waals surface area contributed by atoms with Crippen LogP contribution in [0.1, 0.15) is 32.1 Å². The third-order valence-electron chi connectivity index (χ3n) is 7.33. The number of amides is 2. The number of halogens is 4. The first-order valence-electron chi connectivity index (χ1n) is 12.8. The molecule has 224 valence electrons. The van der Waals surface area contributed by atoms with E-state index >= 15 is 0 Å². The first kappa shape index (κ1) is 32.4. The van der Waals surface area contributed by atoms with Gasteiger partial charge in [-0.15, -0.1) is 0 Å². The van der Waals surface area contributed by atoms with Crippen molar-refractivity contribution in [1.82, 2.24) is 10.6 Å². The van der Waals surface area contributed by atoms with Crippen LogP contribution in [0.2, 0.25) is 0 Å². The zero-order valence-electron chi connectivity index (χ0n) is 22.3. The van der Waals surface area contributed by atoms with Crippen LogP contribution in [0, 0.1) is 5.41 Å². The summed E-state index contributed by atoms with van der Waals surface area (Å²) < 4.78 is 12.8. The van der Waals surface area contributed by atoms with Crippen LogP contribution in [0.3, 0.4) is 0 Å². The molecule has 15 heteroatoms. The number of unbranched alkanes of at least 4 members (excludes halogenated alkanes) is 2. The Hall–Kier alpha value is -1.52. The van der Waals surface area contributed by atoms with Crippen molar-refractivity contribution in [2.45, 2.75) is 49.9 Å². The lowest BCUT2D eigenvalue weighted by Crippen LogP contribution is -2.45. The van der Waals surface area contributed by atoms with Gasteiger partial charge in [-0.3, -0.25) is 14.6 Å². The standard InChI is InChI=1S/C26H30Br4N4O7/c1-39-19-13(27)8-25(21(35)17(19)29)10-15(33-12-25)23(37)31-6-4-3-5-7-32-24(38)16-11-26(41-34-16)9-14(28)20(40-2)18(30)22(26)36/h8-9,21-22,35-36H,3-7,10-12H2,1-2H3,(H,31,37)(H,32,38)/t21-,22-,25-,26+/m0/s1. The minimum atomic E-state index is -1.20. The summed E-state index contributed by atoms with van der Waals surface area (Å²) in [5.41, 5.74) is -1.32. The van der Waals surface area contributed by atoms with Crippen LogP contribution in [0.4, 0.5) is 0 Å². The molecule has 0 bridgehead atoms. The molecule has 0 aromatic carbocycles. The summed E-state index contributed by atoms with van der Waals surface area (Å²) in [5, 5.41) is 31.2. The van der Waals surface area contributed by atoms with Gasteiger partial charge in [-0.25, -0.2) is 0 Å². The van der Waals surface area contributed by atoms with Crippen LogP contribution in [0.5, 0.6) is 0 Å². The van der Waals surface area contributed by atoms with Gasteiger partial charge in [-0.2, -0.15) is 0 Å². The largest absolute Gasteiger partial charge is 0.495 e. The van der Waals surface area contributed by atoms with Crippen molar-refractivity contribution in [1.29, 1.82) is 0 Å². The summed E-state index contributed by atoms with van der Waals surface area (Å²) in [6, 6.07) is 0. The van der Waals surface area contributed by atoms with Crippen LogP contribution in [0.15, 0.2) is 51.7 Å². The molecule has 4 atom stereocenters. The van der Waals surface area contributed by atoms with E-state index in [4.69, 9.17) is 14.3 Å². The first-order valence-corrected chi connectivity index (χ1v) is 16.0. The fourth-order valence-corrected chi connectivity index (χ4v) is 8.75. The Bertz CT molecular complexity index is 1200. The Kier molecular flexibility index (Phi) is 10.6. The van der Waals surface area contributed by atoms with Crippen molar-refractivity contribution in [2.24, 2.45) is 15.6 Å². The maximum atomic E-state index is 12.7. The summed E-state index contributed by atoms with van der Waals surface area (Å²) in [4.78, 5) is 35.2. The van der Waals surface area contributed by atoms with E-state index in [2.05, 4.69) is 84.5 Å². The summed E-state index contributed by atoms with van der Waals surface area (Å²) in [6.45, 7) is 1.19. The molecule has 0 fully saturated rings. The molecule has 2 spiro atoms. The fraction of sp³-hybridized carbons (Fsp3) is 0.538. The molecule has 2 heterocycles. The molecule has 4 N–H and O–H groups in total. The van der Waals surface area contributed by atoms with E-state index in [0.717, 1.165) is 12.8 Å². The van der Waals surface area contributed by atoms with Gasteiger partial charge in [-0.05, 0) is 89.1 Å². The lowest BCUT2D eigenvalue weighted by Gasteiger charge is -2.35. The number of aliphatic hydroxyl groups excluding tert-OH is 2. The van der Waals surface area contributed by atoms with Crippen molar-refractivity contribution in [2.75, 3.05) is 33.9 Å². The predicted molar refractivity (Wildman–Crippen MR) is 167 cm³/mol. The highest BCUT2D eigenvalue weighted by molar-refractivity contribution is 9.12. The number of aliphatic hydroxyl groups is 2. The van der Waals surface area contributed by atoms with Crippen LogP contribution >= 0.6 is 63.7 Å². The quantitative estimate of drug-likeness (QED) is 0.246. The lowest BCUT2D eigenvalue weighted by atomic mass is 9.76. The minimum absolute atomic E-state index is 0.100. The summed E-state index contributed by atoms with van der Waals surface area (Å²) in [6.07, 6.45) is 4.18. The predicted octanol–water partition coefficient (Wildman–Crippen LogP) is 3.55. The van der Waals surface area contributed by atoms with Crippen LogP contribution in [-0.2, 0) is 23.9 Å². The molecule has 0 saturated heterocycles. The number of carbonyl (C=O) groups excluding carboxylic acids is 2. The molecule has 41 heavy (non-hydrogen) atoms. The molecule has 0 unspecified atom stereocenters. The number of aliphatic imine (C=N–C) groups is 1. The number of ether oxygens (including phenoxy) is 2. The third kappa shape index (κ3) is 6.54. The monoisotopic (exact) mass is 826 g/mol. The van der Waals surface area contributed by atoms with E-state index < -0.39 is 23.2 Å². The number of oxime groups is 1. The maximum absolute atomic E-state index is 12.7. The second-order valence-electron chi connectivity index (χ2n) is 10.1. The number of rotatable bonds is 10. The van der Waals surface area contributed by atoms with Crippen LogP contribution < -0.4 is 10.6 Å². The number of carbonyl (C=O) groups is 2. The van der Waals surface area contributed by atoms with Crippen molar-refractivity contribution in [3.8, 4) is 0 Å². The highest BCUT2D eigenvalue weighted by Gasteiger charge is 2.51. The molecule has 2 aliphatic heterocycles. The molecule has 0 aromatic rings. The van der Waals surface area contributed by atoms with E-state index in [1.807, 2.05) is 6.08 Å². The number of allylic oxidation sites excluding steroid dienone is 2. The summed E-state index contributed by atoms with van der Waals surface area (Å²) >= 11 is 13.6. The zero-order chi connectivity index (χ0) is 29.9. The molecule has 11 nitrogen and oxygen atoms in total. The van der Waals surface area contributed by atoms with Gasteiger partial charge >= 0.3 is 0 Å². The molecule has 4 aliphatic rings. The average Bonchev–Trinajstić information content (AvgIpc) is 3.56. The molecule has 0 aromatic heterocycles.